The van der Waals surface area contributed by atoms with Gasteiger partial charge >= 0.3 is 5.97 Å². The molecular formula is C22H20ClNO4. The maximum absolute atomic E-state index is 12.7. The van der Waals surface area contributed by atoms with E-state index in [-0.39, 0.29) is 17.4 Å². The zero-order valence-electron chi connectivity index (χ0n) is 15.2. The van der Waals surface area contributed by atoms with Crippen molar-refractivity contribution in [2.45, 2.75) is 38.0 Å². The first kappa shape index (κ1) is 18.6. The van der Waals surface area contributed by atoms with Crippen LogP contribution in [0.1, 0.15) is 64.5 Å². The zero-order valence-corrected chi connectivity index (χ0v) is 16.0. The van der Waals surface area contributed by atoms with E-state index in [9.17, 15) is 14.7 Å². The molecule has 3 aromatic rings. The van der Waals surface area contributed by atoms with E-state index in [1.54, 1.807) is 30.3 Å². The molecule has 0 radical (unpaired) electrons. The van der Waals surface area contributed by atoms with Gasteiger partial charge in [0.15, 0.2) is 0 Å². The van der Waals surface area contributed by atoms with Gasteiger partial charge in [-0.05, 0) is 54.7 Å². The molecule has 1 aromatic heterocycles. The van der Waals surface area contributed by atoms with Gasteiger partial charge in [0.2, 0.25) is 5.76 Å². The third-order valence-corrected chi connectivity index (χ3v) is 5.57. The van der Waals surface area contributed by atoms with Crippen molar-refractivity contribution < 1.29 is 19.1 Å². The lowest BCUT2D eigenvalue weighted by Crippen LogP contribution is -2.14. The highest BCUT2D eigenvalue weighted by Crippen LogP contribution is 2.34. The Labute approximate surface area is 167 Å². The van der Waals surface area contributed by atoms with Gasteiger partial charge in [-0.25, -0.2) is 4.79 Å². The number of carboxylic acids is 1. The van der Waals surface area contributed by atoms with E-state index >= 15 is 0 Å². The highest BCUT2D eigenvalue weighted by Gasteiger charge is 2.23. The first-order valence-electron chi connectivity index (χ1n) is 9.39. The monoisotopic (exact) mass is 397 g/mol. The number of amides is 1. The summed E-state index contributed by atoms with van der Waals surface area (Å²) < 4.78 is 5.38. The molecule has 4 rings (SSSR count). The maximum Gasteiger partial charge on any atom is 0.374 e. The number of halogens is 1. The van der Waals surface area contributed by atoms with Gasteiger partial charge in [0.25, 0.3) is 5.91 Å². The van der Waals surface area contributed by atoms with Crippen LogP contribution in [0.25, 0.3) is 11.0 Å². The van der Waals surface area contributed by atoms with Crippen LogP contribution in [0, 0.1) is 0 Å². The molecule has 6 heteroatoms. The van der Waals surface area contributed by atoms with Crippen LogP contribution in [0.15, 0.2) is 46.9 Å². The molecule has 2 N–H and O–H groups in total. The van der Waals surface area contributed by atoms with E-state index in [4.69, 9.17) is 16.0 Å². The third-order valence-electron chi connectivity index (χ3n) is 5.33. The third kappa shape index (κ3) is 3.62. The molecule has 1 fully saturated rings. The van der Waals surface area contributed by atoms with Gasteiger partial charge in [0.1, 0.15) is 11.3 Å². The summed E-state index contributed by atoms with van der Waals surface area (Å²) in [5.74, 6) is -1.40. The van der Waals surface area contributed by atoms with E-state index in [0.717, 1.165) is 0 Å². The van der Waals surface area contributed by atoms with E-state index in [2.05, 4.69) is 5.32 Å². The van der Waals surface area contributed by atoms with Crippen molar-refractivity contribution >= 4 is 40.1 Å². The Morgan fingerprint density at radius 1 is 1.04 bits per heavy atom. The summed E-state index contributed by atoms with van der Waals surface area (Å²) in [6.07, 6.45) is 6.18. The normalized spacial score (nSPS) is 14.9. The largest absolute Gasteiger partial charge is 0.475 e. The van der Waals surface area contributed by atoms with Crippen LogP contribution < -0.4 is 5.32 Å². The number of fused-ring (bicyclic) bond motifs is 1. The van der Waals surface area contributed by atoms with Crippen LogP contribution in [0.2, 0.25) is 5.02 Å². The molecule has 0 bridgehead atoms. The van der Waals surface area contributed by atoms with Gasteiger partial charge in [-0.3, -0.25) is 4.79 Å². The minimum absolute atomic E-state index is 0.117. The number of carbonyl (C=O) groups excluding carboxylic acids is 1. The van der Waals surface area contributed by atoms with Crippen LogP contribution in [0.4, 0.5) is 5.69 Å². The number of anilines is 1. The predicted molar refractivity (Wildman–Crippen MR) is 108 cm³/mol. The molecule has 1 aliphatic carbocycles. The number of hydrogen-bond acceptors (Lipinski definition) is 3. The van der Waals surface area contributed by atoms with Gasteiger partial charge in [0.05, 0.1) is 0 Å². The SMILES string of the molecule is O=C(Nc1c(C(=O)O)oc2ccc(Cl)cc12)c1ccc(C2CCCCC2)cc1. The van der Waals surface area contributed by atoms with Crippen molar-refractivity contribution in [3.8, 4) is 0 Å². The summed E-state index contributed by atoms with van der Waals surface area (Å²) in [5.41, 5.74) is 2.19. The Morgan fingerprint density at radius 2 is 1.75 bits per heavy atom. The fourth-order valence-corrected chi connectivity index (χ4v) is 4.04. The second kappa shape index (κ2) is 7.68. The Kier molecular flexibility index (Phi) is 5.09. The highest BCUT2D eigenvalue weighted by atomic mass is 35.5. The molecule has 144 valence electrons. The lowest BCUT2D eigenvalue weighted by atomic mass is 9.84. The zero-order chi connectivity index (χ0) is 19.7. The van der Waals surface area contributed by atoms with Gasteiger partial charge in [-0.15, -0.1) is 0 Å². The Balaban J connectivity index is 1.60. The highest BCUT2D eigenvalue weighted by molar-refractivity contribution is 6.31. The molecule has 1 heterocycles. The van der Waals surface area contributed by atoms with Gasteiger partial charge < -0.3 is 14.8 Å². The lowest BCUT2D eigenvalue weighted by molar-refractivity contribution is 0.0666. The average molecular weight is 398 g/mol. The fraction of sp³-hybridized carbons (Fsp3) is 0.273. The van der Waals surface area contributed by atoms with Crippen molar-refractivity contribution in [2.75, 3.05) is 5.32 Å². The number of nitrogens with one attached hydrogen (secondary N) is 1. The molecule has 0 unspecified atom stereocenters. The quantitative estimate of drug-likeness (QED) is 0.558. The van der Waals surface area contributed by atoms with Crippen molar-refractivity contribution in [3.05, 3.63) is 64.4 Å². The molecule has 1 saturated carbocycles. The molecule has 0 spiro atoms. The number of benzene rings is 2. The average Bonchev–Trinajstić information content (AvgIpc) is 3.06. The van der Waals surface area contributed by atoms with Gasteiger partial charge in [-0.2, -0.15) is 0 Å². The standard InChI is InChI=1S/C22H20ClNO4/c23-16-10-11-18-17(12-16)19(20(28-18)22(26)27)24-21(25)15-8-6-14(7-9-15)13-4-2-1-3-5-13/h6-13H,1-5H2,(H,24,25)(H,26,27). The van der Waals surface area contributed by atoms with E-state index in [1.165, 1.54) is 37.7 Å². The predicted octanol–water partition coefficient (Wildman–Crippen LogP) is 6.08. The molecular weight excluding hydrogens is 378 g/mol. The van der Waals surface area contributed by atoms with Crippen LogP contribution >= 0.6 is 11.6 Å². The van der Waals surface area contributed by atoms with Gasteiger partial charge in [0, 0.05) is 16.0 Å². The summed E-state index contributed by atoms with van der Waals surface area (Å²) in [7, 11) is 0. The number of hydrogen-bond donors (Lipinski definition) is 2. The van der Waals surface area contributed by atoms with E-state index in [0.29, 0.717) is 27.5 Å². The summed E-state index contributed by atoms with van der Waals surface area (Å²) in [4.78, 5) is 24.3. The second-order valence-electron chi connectivity index (χ2n) is 7.16. The van der Waals surface area contributed by atoms with Crippen molar-refractivity contribution in [1.82, 2.24) is 0 Å². The molecule has 1 aliphatic rings. The topological polar surface area (TPSA) is 79.5 Å². The second-order valence-corrected chi connectivity index (χ2v) is 7.60. The first-order valence-corrected chi connectivity index (χ1v) is 9.77. The maximum atomic E-state index is 12.7. The van der Waals surface area contributed by atoms with E-state index in [1.807, 2.05) is 12.1 Å². The number of rotatable bonds is 4. The molecule has 1 amide bonds. The summed E-state index contributed by atoms with van der Waals surface area (Å²) in [6.45, 7) is 0. The summed E-state index contributed by atoms with van der Waals surface area (Å²) in [6, 6.07) is 12.3. The number of aromatic carboxylic acids is 1. The number of furan rings is 1. The van der Waals surface area contributed by atoms with Crippen molar-refractivity contribution in [2.24, 2.45) is 0 Å². The molecule has 2 aromatic carbocycles. The number of carbonyl (C=O) groups is 2. The van der Waals surface area contributed by atoms with Crippen molar-refractivity contribution in [3.63, 3.8) is 0 Å². The van der Waals surface area contributed by atoms with Crippen molar-refractivity contribution in [1.29, 1.82) is 0 Å². The summed E-state index contributed by atoms with van der Waals surface area (Å²) in [5, 5.41) is 13.0. The van der Waals surface area contributed by atoms with Crippen LogP contribution in [-0.2, 0) is 0 Å². The lowest BCUT2D eigenvalue weighted by Gasteiger charge is -2.22. The minimum Gasteiger partial charge on any atom is -0.475 e. The summed E-state index contributed by atoms with van der Waals surface area (Å²) >= 11 is 6.02. The van der Waals surface area contributed by atoms with Crippen LogP contribution in [-0.4, -0.2) is 17.0 Å². The molecule has 0 saturated heterocycles. The van der Waals surface area contributed by atoms with Gasteiger partial charge in [-0.1, -0.05) is 43.0 Å². The fourth-order valence-electron chi connectivity index (χ4n) is 3.87. The number of carboxylic acid groups (broad SMARTS) is 1. The Bertz CT molecular complexity index is 1030. The van der Waals surface area contributed by atoms with Crippen LogP contribution in [0.5, 0.6) is 0 Å². The molecule has 0 atom stereocenters. The van der Waals surface area contributed by atoms with Crippen LogP contribution in [0.3, 0.4) is 0 Å². The Morgan fingerprint density at radius 3 is 2.43 bits per heavy atom. The molecule has 5 nitrogen and oxygen atoms in total. The minimum atomic E-state index is -1.25. The smallest absolute Gasteiger partial charge is 0.374 e. The Hall–Kier alpha value is -2.79. The molecule has 0 aliphatic heterocycles. The first-order chi connectivity index (χ1) is 13.5. The van der Waals surface area contributed by atoms with E-state index < -0.39 is 5.97 Å². The molecule has 28 heavy (non-hydrogen) atoms.